The van der Waals surface area contributed by atoms with Crippen molar-refractivity contribution in [2.24, 2.45) is 17.1 Å². The molecule has 1 aliphatic heterocycles. The molecule has 1 aliphatic carbocycles. The van der Waals surface area contributed by atoms with Gasteiger partial charge in [0.25, 0.3) is 0 Å². The van der Waals surface area contributed by atoms with Crippen LogP contribution in [0.3, 0.4) is 0 Å². The molecule has 2 aliphatic rings. The predicted molar refractivity (Wildman–Crippen MR) is 74.1 cm³/mol. The van der Waals surface area contributed by atoms with Crippen LogP contribution < -0.4 is 5.73 Å². The Kier molecular flexibility index (Phi) is 4.31. The van der Waals surface area contributed by atoms with E-state index in [9.17, 15) is 4.79 Å². The lowest BCUT2D eigenvalue weighted by molar-refractivity contribution is -0.144. The molecule has 1 saturated heterocycles. The third-order valence-electron chi connectivity index (χ3n) is 5.18. The molecule has 18 heavy (non-hydrogen) atoms. The van der Waals surface area contributed by atoms with Gasteiger partial charge >= 0.3 is 0 Å². The van der Waals surface area contributed by atoms with Gasteiger partial charge in [0.05, 0.1) is 0 Å². The third kappa shape index (κ3) is 2.56. The minimum absolute atomic E-state index is 0.0280. The molecule has 2 unspecified atom stereocenters. The molecule has 3 nitrogen and oxygen atoms in total. The van der Waals surface area contributed by atoms with Gasteiger partial charge in [-0.25, -0.2) is 0 Å². The van der Waals surface area contributed by atoms with Crippen molar-refractivity contribution in [3.63, 3.8) is 0 Å². The Balaban J connectivity index is 2.04. The molecular formula is C15H28N2O. The van der Waals surface area contributed by atoms with Crippen molar-refractivity contribution in [3.05, 3.63) is 0 Å². The molecule has 104 valence electrons. The fraction of sp³-hybridized carbons (Fsp3) is 0.933. The molecule has 0 aromatic rings. The van der Waals surface area contributed by atoms with E-state index < -0.39 is 0 Å². The number of hydrogen-bond acceptors (Lipinski definition) is 2. The highest BCUT2D eigenvalue weighted by Gasteiger charge is 2.42. The Morgan fingerprint density at radius 1 is 1.39 bits per heavy atom. The number of carbonyl (C=O) groups is 1. The van der Waals surface area contributed by atoms with E-state index in [0.29, 0.717) is 11.8 Å². The Hall–Kier alpha value is -0.570. The van der Waals surface area contributed by atoms with Crippen LogP contribution in [0.25, 0.3) is 0 Å². The second-order valence-electron chi connectivity index (χ2n) is 6.35. The summed E-state index contributed by atoms with van der Waals surface area (Å²) in [5.74, 6) is 0.922. The van der Waals surface area contributed by atoms with Gasteiger partial charge in [0.2, 0.25) is 5.91 Å². The zero-order valence-corrected chi connectivity index (χ0v) is 12.0. The third-order valence-corrected chi connectivity index (χ3v) is 5.18. The molecule has 0 spiro atoms. The number of piperidine rings is 1. The van der Waals surface area contributed by atoms with E-state index in [-0.39, 0.29) is 11.5 Å². The first kappa shape index (κ1) is 13.9. The van der Waals surface area contributed by atoms with E-state index >= 15 is 0 Å². The summed E-state index contributed by atoms with van der Waals surface area (Å²) in [6.45, 7) is 6.09. The molecule has 0 aromatic carbocycles. The summed E-state index contributed by atoms with van der Waals surface area (Å²) >= 11 is 0. The molecule has 2 N–H and O–H groups in total. The van der Waals surface area contributed by atoms with Crippen LogP contribution in [0.2, 0.25) is 0 Å². The first-order valence-corrected chi connectivity index (χ1v) is 7.64. The second kappa shape index (κ2) is 5.60. The van der Waals surface area contributed by atoms with E-state index in [2.05, 4.69) is 18.7 Å². The SMILES string of the molecule is CCC1(C(=O)N2CCCC(C(C)N)C2)CCCC1. The number of amides is 1. The molecule has 1 amide bonds. The summed E-state index contributed by atoms with van der Waals surface area (Å²) in [5, 5.41) is 0. The van der Waals surface area contributed by atoms with E-state index in [4.69, 9.17) is 5.73 Å². The molecule has 2 atom stereocenters. The predicted octanol–water partition coefficient (Wildman–Crippen LogP) is 2.54. The maximum absolute atomic E-state index is 12.8. The molecule has 2 fully saturated rings. The highest BCUT2D eigenvalue weighted by Crippen LogP contribution is 2.43. The highest BCUT2D eigenvalue weighted by molar-refractivity contribution is 5.83. The lowest BCUT2D eigenvalue weighted by atomic mass is 9.80. The Bertz CT molecular complexity index is 295. The van der Waals surface area contributed by atoms with Crippen molar-refractivity contribution in [2.45, 2.75) is 64.8 Å². The largest absolute Gasteiger partial charge is 0.342 e. The summed E-state index contributed by atoms with van der Waals surface area (Å²) in [5.41, 5.74) is 5.98. The van der Waals surface area contributed by atoms with Gasteiger partial charge in [0, 0.05) is 24.5 Å². The van der Waals surface area contributed by atoms with Gasteiger partial charge in [0.15, 0.2) is 0 Å². The van der Waals surface area contributed by atoms with Crippen LogP contribution in [0.4, 0.5) is 0 Å². The van der Waals surface area contributed by atoms with Crippen LogP contribution in [0, 0.1) is 11.3 Å². The van der Waals surface area contributed by atoms with Crippen LogP contribution >= 0.6 is 0 Å². The van der Waals surface area contributed by atoms with Gasteiger partial charge in [0.1, 0.15) is 0 Å². The minimum Gasteiger partial charge on any atom is -0.342 e. The average molecular weight is 252 g/mol. The summed E-state index contributed by atoms with van der Waals surface area (Å²) in [6.07, 6.45) is 7.96. The Morgan fingerprint density at radius 3 is 2.61 bits per heavy atom. The molecule has 1 heterocycles. The van der Waals surface area contributed by atoms with Gasteiger partial charge in [-0.1, -0.05) is 19.8 Å². The van der Waals surface area contributed by atoms with E-state index in [1.807, 2.05) is 0 Å². The lowest BCUT2D eigenvalue weighted by Crippen LogP contribution is -2.49. The van der Waals surface area contributed by atoms with Crippen molar-refractivity contribution in [1.29, 1.82) is 0 Å². The van der Waals surface area contributed by atoms with Gasteiger partial charge < -0.3 is 10.6 Å². The van der Waals surface area contributed by atoms with Gasteiger partial charge in [-0.2, -0.15) is 0 Å². The fourth-order valence-corrected chi connectivity index (χ4v) is 3.73. The number of nitrogens with zero attached hydrogens (tertiary/aromatic N) is 1. The number of likely N-dealkylation sites (tertiary alicyclic amines) is 1. The molecule has 1 saturated carbocycles. The lowest BCUT2D eigenvalue weighted by Gasteiger charge is -2.39. The van der Waals surface area contributed by atoms with Gasteiger partial charge in [-0.3, -0.25) is 4.79 Å². The number of carbonyl (C=O) groups excluding carboxylic acids is 1. The fourth-order valence-electron chi connectivity index (χ4n) is 3.73. The van der Waals surface area contributed by atoms with Crippen molar-refractivity contribution in [2.75, 3.05) is 13.1 Å². The maximum atomic E-state index is 12.8. The van der Waals surface area contributed by atoms with Crippen LogP contribution in [0.1, 0.15) is 58.8 Å². The molecule has 3 heteroatoms. The summed E-state index contributed by atoms with van der Waals surface area (Å²) in [6, 6.07) is 0.210. The van der Waals surface area contributed by atoms with Crippen LogP contribution in [0.5, 0.6) is 0 Å². The summed E-state index contributed by atoms with van der Waals surface area (Å²) in [7, 11) is 0. The molecular weight excluding hydrogens is 224 g/mol. The van der Waals surface area contributed by atoms with Crippen molar-refractivity contribution in [1.82, 2.24) is 4.90 Å². The average Bonchev–Trinajstić information content (AvgIpc) is 2.88. The van der Waals surface area contributed by atoms with Gasteiger partial charge in [-0.05, 0) is 44.9 Å². The van der Waals surface area contributed by atoms with E-state index in [0.717, 1.165) is 38.8 Å². The molecule has 2 rings (SSSR count). The van der Waals surface area contributed by atoms with Crippen molar-refractivity contribution < 1.29 is 4.79 Å². The topological polar surface area (TPSA) is 46.3 Å². The maximum Gasteiger partial charge on any atom is 0.228 e. The van der Waals surface area contributed by atoms with Crippen LogP contribution in [0.15, 0.2) is 0 Å². The van der Waals surface area contributed by atoms with Crippen molar-refractivity contribution >= 4 is 5.91 Å². The normalized spacial score (nSPS) is 29.3. The number of rotatable bonds is 3. The summed E-state index contributed by atoms with van der Waals surface area (Å²) < 4.78 is 0. The molecule has 0 bridgehead atoms. The van der Waals surface area contributed by atoms with Crippen LogP contribution in [-0.2, 0) is 4.79 Å². The molecule has 0 radical (unpaired) electrons. The smallest absolute Gasteiger partial charge is 0.228 e. The quantitative estimate of drug-likeness (QED) is 0.839. The summed E-state index contributed by atoms with van der Waals surface area (Å²) in [4.78, 5) is 14.9. The monoisotopic (exact) mass is 252 g/mol. The minimum atomic E-state index is -0.0280. The van der Waals surface area contributed by atoms with Crippen molar-refractivity contribution in [3.8, 4) is 0 Å². The Morgan fingerprint density at radius 2 is 2.06 bits per heavy atom. The molecule has 0 aromatic heterocycles. The first-order valence-electron chi connectivity index (χ1n) is 7.64. The zero-order chi connectivity index (χ0) is 13.2. The number of nitrogens with two attached hydrogens (primary N) is 1. The van der Waals surface area contributed by atoms with Crippen LogP contribution in [-0.4, -0.2) is 29.9 Å². The Labute approximate surface area is 111 Å². The standard InChI is InChI=1S/C15H28N2O/c1-3-15(8-4-5-9-15)14(18)17-10-6-7-13(11-17)12(2)16/h12-13H,3-11,16H2,1-2H3. The van der Waals surface area contributed by atoms with E-state index in [1.54, 1.807) is 0 Å². The number of hydrogen-bond donors (Lipinski definition) is 1. The van der Waals surface area contributed by atoms with E-state index in [1.165, 1.54) is 19.3 Å². The highest BCUT2D eigenvalue weighted by atomic mass is 16.2. The second-order valence-corrected chi connectivity index (χ2v) is 6.35. The zero-order valence-electron chi connectivity index (χ0n) is 12.0. The van der Waals surface area contributed by atoms with Gasteiger partial charge in [-0.15, -0.1) is 0 Å². The first-order chi connectivity index (χ1) is 8.59.